The van der Waals surface area contributed by atoms with Crippen LogP contribution in [0.4, 0.5) is 0 Å². The van der Waals surface area contributed by atoms with E-state index in [0.29, 0.717) is 6.17 Å². The summed E-state index contributed by atoms with van der Waals surface area (Å²) >= 11 is 0. The molecule has 4 nitrogen and oxygen atoms in total. The van der Waals surface area contributed by atoms with Crippen LogP contribution in [0.5, 0.6) is 0 Å². The van der Waals surface area contributed by atoms with E-state index < -0.39 is 0 Å². The summed E-state index contributed by atoms with van der Waals surface area (Å²) in [5.74, 6) is 0.0684. The van der Waals surface area contributed by atoms with E-state index in [4.69, 9.17) is 4.99 Å². The zero-order valence-electron chi connectivity index (χ0n) is 18.9. The molecule has 0 saturated heterocycles. The molecule has 0 fully saturated rings. The Morgan fingerprint density at radius 1 is 1.04 bits per heavy atom. The van der Waals surface area contributed by atoms with Crippen molar-refractivity contribution in [3.63, 3.8) is 0 Å². The number of likely N-dealkylation sites (N-methyl/N-ethyl adjacent to an activating group) is 1. The smallest absolute Gasteiger partial charge is 0.217 e. The van der Waals surface area contributed by atoms with Crippen molar-refractivity contribution in [3.05, 3.63) is 12.2 Å². The van der Waals surface area contributed by atoms with Crippen molar-refractivity contribution in [2.75, 3.05) is 26.2 Å². The normalized spacial score (nSPS) is 21.6. The standard InChI is InChI=1S/C24H45N3O/c1-4-6-7-8-9-10-11-12-13-14-15-16-17-18-24-26-20-22-27(24,5-2)21-19-25-23(3)28/h7-8,20,24H,4-6,9-19,21-22H2,1-3H3/p+1/b8-7+. The number of aliphatic imine (C=N–C) groups is 1. The fourth-order valence-corrected chi connectivity index (χ4v) is 4.19. The Bertz CT molecular complexity index is 461. The molecule has 1 rings (SSSR count). The molecule has 1 aliphatic heterocycles. The lowest BCUT2D eigenvalue weighted by atomic mass is 10.0. The molecule has 0 spiro atoms. The van der Waals surface area contributed by atoms with Crippen LogP contribution in [-0.2, 0) is 4.79 Å². The highest BCUT2D eigenvalue weighted by Gasteiger charge is 2.37. The predicted molar refractivity (Wildman–Crippen MR) is 122 cm³/mol. The van der Waals surface area contributed by atoms with Crippen molar-refractivity contribution < 1.29 is 9.28 Å². The van der Waals surface area contributed by atoms with E-state index >= 15 is 0 Å². The highest BCUT2D eigenvalue weighted by atomic mass is 16.1. The summed E-state index contributed by atoms with van der Waals surface area (Å²) in [6, 6.07) is 0. The summed E-state index contributed by atoms with van der Waals surface area (Å²) in [6.07, 6.45) is 23.1. The number of allylic oxidation sites excluding steroid dienone is 2. The topological polar surface area (TPSA) is 41.5 Å². The van der Waals surface area contributed by atoms with E-state index in [1.807, 2.05) is 0 Å². The third-order valence-corrected chi connectivity index (χ3v) is 6.12. The number of quaternary nitrogens is 1. The lowest BCUT2D eigenvalue weighted by molar-refractivity contribution is -0.935. The van der Waals surface area contributed by atoms with Crippen LogP contribution in [0.25, 0.3) is 0 Å². The number of amides is 1. The van der Waals surface area contributed by atoms with Gasteiger partial charge in [0.15, 0.2) is 6.17 Å². The van der Waals surface area contributed by atoms with Gasteiger partial charge in [0.2, 0.25) is 5.91 Å². The SMILES string of the molecule is CCC/C=C/CCCCCCCCCCC1N=CC[N+]1(CC)CCNC(C)=O. The van der Waals surface area contributed by atoms with Gasteiger partial charge in [-0.3, -0.25) is 9.28 Å². The Morgan fingerprint density at radius 3 is 2.32 bits per heavy atom. The Balaban J connectivity index is 2.05. The highest BCUT2D eigenvalue weighted by molar-refractivity contribution is 5.72. The van der Waals surface area contributed by atoms with Crippen molar-refractivity contribution >= 4 is 12.1 Å². The van der Waals surface area contributed by atoms with Gasteiger partial charge in [-0.15, -0.1) is 0 Å². The maximum atomic E-state index is 11.1. The van der Waals surface area contributed by atoms with Gasteiger partial charge in [0.1, 0.15) is 6.54 Å². The van der Waals surface area contributed by atoms with Crippen LogP contribution in [-0.4, -0.2) is 48.9 Å². The quantitative estimate of drug-likeness (QED) is 0.195. The van der Waals surface area contributed by atoms with E-state index in [-0.39, 0.29) is 5.91 Å². The molecule has 0 radical (unpaired) electrons. The molecule has 0 saturated carbocycles. The minimum Gasteiger partial charge on any atom is -0.351 e. The summed E-state index contributed by atoms with van der Waals surface area (Å²) in [5, 5.41) is 2.96. The first-order valence-electron chi connectivity index (χ1n) is 11.9. The fourth-order valence-electron chi connectivity index (χ4n) is 4.19. The maximum Gasteiger partial charge on any atom is 0.217 e. The van der Waals surface area contributed by atoms with Gasteiger partial charge in [0.25, 0.3) is 0 Å². The van der Waals surface area contributed by atoms with Gasteiger partial charge >= 0.3 is 0 Å². The summed E-state index contributed by atoms with van der Waals surface area (Å²) in [5.41, 5.74) is 0. The zero-order valence-corrected chi connectivity index (χ0v) is 18.9. The molecule has 4 heteroatoms. The van der Waals surface area contributed by atoms with Crippen molar-refractivity contribution in [2.45, 2.75) is 104 Å². The summed E-state index contributed by atoms with van der Waals surface area (Å²) in [4.78, 5) is 15.9. The molecule has 0 aliphatic carbocycles. The van der Waals surface area contributed by atoms with Crippen LogP contribution < -0.4 is 5.32 Å². The first-order chi connectivity index (χ1) is 13.6. The Hall–Kier alpha value is -1.16. The summed E-state index contributed by atoms with van der Waals surface area (Å²) in [6.45, 7) is 9.96. The predicted octanol–water partition coefficient (Wildman–Crippen LogP) is 5.63. The molecule has 0 aromatic heterocycles. The van der Waals surface area contributed by atoms with Crippen LogP contribution in [0.3, 0.4) is 0 Å². The van der Waals surface area contributed by atoms with Crippen molar-refractivity contribution in [2.24, 2.45) is 4.99 Å². The number of rotatable bonds is 17. The van der Waals surface area contributed by atoms with E-state index in [1.54, 1.807) is 6.92 Å². The van der Waals surface area contributed by atoms with Crippen LogP contribution in [0.2, 0.25) is 0 Å². The largest absolute Gasteiger partial charge is 0.351 e. The molecular weight excluding hydrogens is 346 g/mol. The Kier molecular flexibility index (Phi) is 14.0. The highest BCUT2D eigenvalue weighted by Crippen LogP contribution is 2.24. The molecule has 0 aromatic carbocycles. The van der Waals surface area contributed by atoms with Crippen molar-refractivity contribution in [3.8, 4) is 0 Å². The molecule has 2 atom stereocenters. The average molecular weight is 393 g/mol. The Morgan fingerprint density at radius 2 is 1.68 bits per heavy atom. The number of nitrogens with zero attached hydrogens (tertiary/aromatic N) is 2. The number of nitrogens with one attached hydrogen (secondary N) is 1. The third kappa shape index (κ3) is 10.4. The molecule has 0 aromatic rings. The minimum atomic E-state index is 0.0684. The third-order valence-electron chi connectivity index (χ3n) is 6.12. The number of carbonyl (C=O) groups excluding carboxylic acids is 1. The van der Waals surface area contributed by atoms with Crippen LogP contribution in [0.15, 0.2) is 17.1 Å². The van der Waals surface area contributed by atoms with Gasteiger partial charge in [0.05, 0.1) is 25.8 Å². The van der Waals surface area contributed by atoms with E-state index in [1.165, 1.54) is 77.0 Å². The number of carbonyl (C=O) groups is 1. The maximum absolute atomic E-state index is 11.1. The molecule has 1 aliphatic rings. The van der Waals surface area contributed by atoms with Crippen LogP contribution >= 0.6 is 0 Å². The van der Waals surface area contributed by atoms with Gasteiger partial charge < -0.3 is 5.32 Å². The summed E-state index contributed by atoms with van der Waals surface area (Å²) in [7, 11) is 0. The first kappa shape index (κ1) is 24.9. The number of unbranched alkanes of at least 4 members (excludes halogenated alkanes) is 9. The van der Waals surface area contributed by atoms with Crippen LogP contribution in [0, 0.1) is 0 Å². The van der Waals surface area contributed by atoms with E-state index in [2.05, 4.69) is 37.5 Å². The molecule has 28 heavy (non-hydrogen) atoms. The zero-order chi connectivity index (χ0) is 20.5. The molecule has 162 valence electrons. The van der Waals surface area contributed by atoms with Gasteiger partial charge in [-0.05, 0) is 32.6 Å². The lowest BCUT2D eigenvalue weighted by Crippen LogP contribution is -2.55. The summed E-state index contributed by atoms with van der Waals surface area (Å²) < 4.78 is 1.02. The number of hydrogen-bond donors (Lipinski definition) is 1. The lowest BCUT2D eigenvalue weighted by Gasteiger charge is -2.38. The van der Waals surface area contributed by atoms with Crippen molar-refractivity contribution in [1.82, 2.24) is 5.32 Å². The second-order valence-corrected chi connectivity index (χ2v) is 8.40. The van der Waals surface area contributed by atoms with E-state index in [0.717, 1.165) is 30.7 Å². The monoisotopic (exact) mass is 392 g/mol. The van der Waals surface area contributed by atoms with Gasteiger partial charge in [-0.2, -0.15) is 0 Å². The van der Waals surface area contributed by atoms with E-state index in [9.17, 15) is 4.79 Å². The second-order valence-electron chi connectivity index (χ2n) is 8.40. The van der Waals surface area contributed by atoms with Gasteiger partial charge in [-0.1, -0.05) is 64.0 Å². The molecule has 0 bridgehead atoms. The molecule has 1 N–H and O–H groups in total. The molecular formula is C24H46N3O+. The van der Waals surface area contributed by atoms with Gasteiger partial charge in [0, 0.05) is 13.3 Å². The van der Waals surface area contributed by atoms with Crippen molar-refractivity contribution in [1.29, 1.82) is 0 Å². The first-order valence-corrected chi connectivity index (χ1v) is 11.9. The minimum absolute atomic E-state index is 0.0684. The van der Waals surface area contributed by atoms with Gasteiger partial charge in [-0.25, -0.2) is 4.99 Å². The molecule has 2 unspecified atom stereocenters. The fraction of sp³-hybridized carbons (Fsp3) is 0.833. The molecule has 1 heterocycles. The molecule has 1 amide bonds. The Labute approximate surface area is 174 Å². The average Bonchev–Trinajstić information content (AvgIpc) is 3.08. The number of hydrogen-bond acceptors (Lipinski definition) is 2. The second kappa shape index (κ2) is 15.7. The van der Waals surface area contributed by atoms with Crippen LogP contribution in [0.1, 0.15) is 97.8 Å².